The van der Waals surface area contributed by atoms with Crippen LogP contribution >= 0.6 is 0 Å². The molecule has 9 nitrogen and oxygen atoms in total. The number of nitrogens with zero attached hydrogens (tertiary/aromatic N) is 3. The first-order chi connectivity index (χ1) is 14.9. The fraction of sp³-hybridized carbons (Fsp3) is 0.619. The zero-order valence-corrected chi connectivity index (χ0v) is 18.8. The van der Waals surface area contributed by atoms with Gasteiger partial charge in [-0.2, -0.15) is 0 Å². The number of piperidine rings is 1. The van der Waals surface area contributed by atoms with Crippen LogP contribution in [0.2, 0.25) is 0 Å². The van der Waals surface area contributed by atoms with Crippen LogP contribution in [0.4, 0.5) is 4.79 Å². The first-order valence-electron chi connectivity index (χ1n) is 10.9. The molecule has 1 N–H and O–H groups in total. The molecule has 1 aromatic carbocycles. The van der Waals surface area contributed by atoms with E-state index >= 15 is 0 Å². The van der Waals surface area contributed by atoms with Crippen molar-refractivity contribution in [3.63, 3.8) is 0 Å². The number of hydrazine groups is 1. The van der Waals surface area contributed by atoms with Crippen LogP contribution in [-0.2, 0) is 14.8 Å². The summed E-state index contributed by atoms with van der Waals surface area (Å²) in [5.74, 6) is -0.276. The number of nitrogens with one attached hydrogen (secondary N) is 1. The molecule has 0 saturated carbocycles. The van der Waals surface area contributed by atoms with Gasteiger partial charge in [0.05, 0.1) is 18.5 Å². The number of benzene rings is 1. The van der Waals surface area contributed by atoms with Crippen molar-refractivity contribution < 1.29 is 22.7 Å². The maximum absolute atomic E-state index is 12.7. The summed E-state index contributed by atoms with van der Waals surface area (Å²) in [6.07, 6.45) is 3.44. The minimum Gasteiger partial charge on any atom is -0.375 e. The van der Waals surface area contributed by atoms with Crippen molar-refractivity contribution in [3.05, 3.63) is 35.9 Å². The number of rotatable bonds is 8. The topological polar surface area (TPSA) is 99.3 Å². The molecule has 2 saturated heterocycles. The zero-order chi connectivity index (χ0) is 22.3. The van der Waals surface area contributed by atoms with E-state index in [0.717, 1.165) is 23.7 Å². The van der Waals surface area contributed by atoms with Crippen LogP contribution in [0.5, 0.6) is 0 Å². The van der Waals surface area contributed by atoms with Gasteiger partial charge in [0.15, 0.2) is 0 Å². The molecule has 2 aliphatic heterocycles. The summed E-state index contributed by atoms with van der Waals surface area (Å²) in [6, 6.07) is 8.69. The number of ether oxygens (including phenoxy) is 1. The predicted molar refractivity (Wildman–Crippen MR) is 117 cm³/mol. The van der Waals surface area contributed by atoms with Gasteiger partial charge >= 0.3 is 6.03 Å². The normalized spacial score (nSPS) is 19.6. The lowest BCUT2D eigenvalue weighted by molar-refractivity contribution is 0.0601. The molecule has 0 spiro atoms. The van der Waals surface area contributed by atoms with Crippen LogP contribution in [0.25, 0.3) is 0 Å². The lowest BCUT2D eigenvalue weighted by atomic mass is 10.1. The first-order valence-corrected chi connectivity index (χ1v) is 12.5. The van der Waals surface area contributed by atoms with Crippen LogP contribution in [0, 0.1) is 0 Å². The van der Waals surface area contributed by atoms with Crippen molar-refractivity contribution in [3.8, 4) is 0 Å². The highest BCUT2D eigenvalue weighted by molar-refractivity contribution is 7.89. The van der Waals surface area contributed by atoms with E-state index in [1.54, 1.807) is 28.9 Å². The molecule has 10 heteroatoms. The number of carbonyl (C=O) groups is 2. The number of sulfonamides is 1. The lowest BCUT2D eigenvalue weighted by Gasteiger charge is -2.30. The Morgan fingerprint density at radius 2 is 1.81 bits per heavy atom. The Bertz CT molecular complexity index is 843. The smallest absolute Gasteiger partial charge is 0.332 e. The van der Waals surface area contributed by atoms with Gasteiger partial charge in [0.25, 0.3) is 5.91 Å². The highest BCUT2D eigenvalue weighted by Crippen LogP contribution is 2.16. The molecule has 3 rings (SSSR count). The molecular weight excluding hydrogens is 420 g/mol. The van der Waals surface area contributed by atoms with E-state index in [1.807, 2.05) is 18.2 Å². The zero-order valence-electron chi connectivity index (χ0n) is 18.0. The van der Waals surface area contributed by atoms with Crippen molar-refractivity contribution in [1.29, 1.82) is 0 Å². The van der Waals surface area contributed by atoms with E-state index in [2.05, 4.69) is 5.43 Å². The average molecular weight is 453 g/mol. The lowest BCUT2D eigenvalue weighted by Crippen LogP contribution is -2.53. The van der Waals surface area contributed by atoms with E-state index in [0.29, 0.717) is 38.2 Å². The summed E-state index contributed by atoms with van der Waals surface area (Å²) in [5.41, 5.74) is 3.15. The summed E-state index contributed by atoms with van der Waals surface area (Å²) in [7, 11) is -3.70. The van der Waals surface area contributed by atoms with Crippen molar-refractivity contribution in [2.24, 2.45) is 0 Å². The van der Waals surface area contributed by atoms with Crippen molar-refractivity contribution in [1.82, 2.24) is 19.6 Å². The minimum atomic E-state index is -3.70. The average Bonchev–Trinajstić information content (AvgIpc) is 3.26. The van der Waals surface area contributed by atoms with Gasteiger partial charge < -0.3 is 14.5 Å². The summed E-state index contributed by atoms with van der Waals surface area (Å²) in [6.45, 7) is 4.15. The fourth-order valence-corrected chi connectivity index (χ4v) is 5.00. The number of urea groups is 1. The van der Waals surface area contributed by atoms with E-state index < -0.39 is 10.0 Å². The molecular formula is C21H32N4O5S. The Kier molecular flexibility index (Phi) is 8.28. The highest BCUT2D eigenvalue weighted by atomic mass is 32.2. The van der Waals surface area contributed by atoms with E-state index in [4.69, 9.17) is 4.74 Å². The molecule has 172 valence electrons. The molecule has 2 aliphatic rings. The molecule has 2 heterocycles. The van der Waals surface area contributed by atoms with E-state index in [1.165, 1.54) is 0 Å². The molecule has 0 unspecified atom stereocenters. The van der Waals surface area contributed by atoms with Gasteiger partial charge in [0.2, 0.25) is 10.0 Å². The van der Waals surface area contributed by atoms with Gasteiger partial charge in [-0.25, -0.2) is 13.2 Å². The van der Waals surface area contributed by atoms with Gasteiger partial charge in [0.1, 0.15) is 0 Å². The molecule has 2 fully saturated rings. The Morgan fingerprint density at radius 1 is 1.10 bits per heavy atom. The number of hydrogen-bond acceptors (Lipinski definition) is 5. The Hall–Kier alpha value is -2.17. The van der Waals surface area contributed by atoms with Crippen LogP contribution in [0.3, 0.4) is 0 Å². The molecule has 1 aromatic rings. The summed E-state index contributed by atoms with van der Waals surface area (Å²) in [5, 5.41) is 0. The molecule has 0 aliphatic carbocycles. The van der Waals surface area contributed by atoms with Crippen molar-refractivity contribution >= 4 is 22.0 Å². The van der Waals surface area contributed by atoms with Gasteiger partial charge in [-0.3, -0.25) is 10.2 Å². The van der Waals surface area contributed by atoms with Gasteiger partial charge in [-0.05, 0) is 44.7 Å². The predicted octanol–water partition coefficient (Wildman–Crippen LogP) is 1.68. The standard InChI is InChI=1S/C21H32N4O5S/c1-2-25(22-21(27)23-12-7-4-8-13-23)31(28,29)16-15-30-19-11-14-24(17-19)20(26)18-9-5-3-6-10-18/h3,5-6,9-10,19H,2,4,7-8,11-17H2,1H3,(H,22,27)/t19-/m1/s1. The van der Waals surface area contributed by atoms with Gasteiger partial charge in [-0.15, -0.1) is 4.41 Å². The second kappa shape index (κ2) is 10.9. The Balaban J connectivity index is 1.44. The Morgan fingerprint density at radius 3 is 2.48 bits per heavy atom. The second-order valence-corrected chi connectivity index (χ2v) is 9.86. The SMILES string of the molecule is CCN(NC(=O)N1CCCCC1)S(=O)(=O)CCO[C@@H]1CCN(C(=O)c2ccccc2)C1. The molecule has 3 amide bonds. The second-order valence-electron chi connectivity index (χ2n) is 7.84. The van der Waals surface area contributed by atoms with E-state index in [-0.39, 0.29) is 36.9 Å². The summed E-state index contributed by atoms with van der Waals surface area (Å²) < 4.78 is 32.1. The summed E-state index contributed by atoms with van der Waals surface area (Å²) in [4.78, 5) is 28.2. The van der Waals surface area contributed by atoms with Crippen LogP contribution in [0.1, 0.15) is 43.0 Å². The molecule has 0 bridgehead atoms. The van der Waals surface area contributed by atoms with Crippen molar-refractivity contribution in [2.45, 2.75) is 38.7 Å². The third-order valence-electron chi connectivity index (χ3n) is 5.63. The van der Waals surface area contributed by atoms with Gasteiger partial charge in [0, 0.05) is 38.3 Å². The monoisotopic (exact) mass is 452 g/mol. The maximum atomic E-state index is 12.7. The number of likely N-dealkylation sites (tertiary alicyclic amines) is 2. The third kappa shape index (κ3) is 6.41. The van der Waals surface area contributed by atoms with Crippen molar-refractivity contribution in [2.75, 3.05) is 45.1 Å². The van der Waals surface area contributed by atoms with Gasteiger partial charge in [-0.1, -0.05) is 18.2 Å². The maximum Gasteiger partial charge on any atom is 0.332 e. The molecule has 0 radical (unpaired) electrons. The van der Waals surface area contributed by atoms with Crippen LogP contribution in [-0.4, -0.2) is 85.8 Å². The number of hydrogen-bond donors (Lipinski definition) is 1. The first kappa shape index (κ1) is 23.5. The fourth-order valence-electron chi connectivity index (χ4n) is 3.86. The largest absolute Gasteiger partial charge is 0.375 e. The van der Waals surface area contributed by atoms with Crippen LogP contribution < -0.4 is 5.43 Å². The highest BCUT2D eigenvalue weighted by Gasteiger charge is 2.29. The number of carbonyl (C=O) groups excluding carboxylic acids is 2. The molecule has 0 aromatic heterocycles. The molecule has 31 heavy (non-hydrogen) atoms. The molecule has 1 atom stereocenters. The van der Waals surface area contributed by atoms with E-state index in [9.17, 15) is 18.0 Å². The van der Waals surface area contributed by atoms with Crippen LogP contribution in [0.15, 0.2) is 30.3 Å². The Labute approximate surface area is 184 Å². The summed E-state index contributed by atoms with van der Waals surface area (Å²) >= 11 is 0. The quantitative estimate of drug-likeness (QED) is 0.605. The third-order valence-corrected chi connectivity index (χ3v) is 7.34. The minimum absolute atomic E-state index is 0.0104. The number of amides is 3.